The van der Waals surface area contributed by atoms with Gasteiger partial charge in [-0.2, -0.15) is 0 Å². The number of nitrogens with two attached hydrogens (primary N) is 1. The van der Waals surface area contributed by atoms with E-state index in [1.54, 1.807) is 59.9 Å². The first-order chi connectivity index (χ1) is 21.5. The van der Waals surface area contributed by atoms with Crippen molar-refractivity contribution in [3.05, 3.63) is 95.3 Å². The lowest BCUT2D eigenvalue weighted by Gasteiger charge is -2.11. The number of anilines is 3. The van der Waals surface area contributed by atoms with Crippen LogP contribution in [0, 0.1) is 5.41 Å². The summed E-state index contributed by atoms with van der Waals surface area (Å²) in [6.07, 6.45) is 10.6. The Labute approximate surface area is 262 Å². The molecule has 12 heteroatoms. The largest absolute Gasteiger partial charge is 0.388 e. The van der Waals surface area contributed by atoms with Crippen LogP contribution >= 0.6 is 0 Å². The highest BCUT2D eigenvalue weighted by Crippen LogP contribution is 2.19. The van der Waals surface area contributed by atoms with E-state index in [0.29, 0.717) is 53.4 Å². The standard InChI is InChI=1S/C33H39N9O3/c1-40(2)27-14-9-22(10-15-27)8-12-24-13-11-23(19-37-24)31(43)38-25-18-29(42(4)20-25)33(45)39-26-17-28(41(3)21-26)32(44)36-16-6-5-7-30(34)35/h8-15,17-21H,5-7,16H2,1-4H3,(H3,34,35)(H,36,44)(H,38,43)(H,39,45)/b12-8+. The second-order valence-electron chi connectivity index (χ2n) is 10.9. The van der Waals surface area contributed by atoms with Gasteiger partial charge in [0, 0.05) is 65.4 Å². The lowest BCUT2D eigenvalue weighted by molar-refractivity contribution is 0.0943. The van der Waals surface area contributed by atoms with Crippen molar-refractivity contribution in [2.24, 2.45) is 19.8 Å². The van der Waals surface area contributed by atoms with Crippen molar-refractivity contribution in [2.75, 3.05) is 36.2 Å². The molecule has 0 saturated heterocycles. The van der Waals surface area contributed by atoms with Crippen molar-refractivity contribution < 1.29 is 14.4 Å². The molecule has 234 valence electrons. The highest BCUT2D eigenvalue weighted by molar-refractivity contribution is 6.07. The smallest absolute Gasteiger partial charge is 0.272 e. The molecule has 1 aromatic carbocycles. The number of aromatic nitrogens is 3. The van der Waals surface area contributed by atoms with Crippen LogP contribution in [0.4, 0.5) is 17.1 Å². The minimum atomic E-state index is -0.394. The van der Waals surface area contributed by atoms with Gasteiger partial charge in [-0.05, 0) is 60.9 Å². The maximum atomic E-state index is 13.0. The fraction of sp³-hybridized carbons (Fsp3) is 0.242. The molecular formula is C33H39N9O3. The average molecular weight is 610 g/mol. The number of nitrogens with zero attached hydrogens (tertiary/aromatic N) is 4. The first-order valence-corrected chi connectivity index (χ1v) is 14.5. The number of hydrogen-bond donors (Lipinski definition) is 5. The van der Waals surface area contributed by atoms with Crippen LogP contribution in [0.2, 0.25) is 0 Å². The fourth-order valence-electron chi connectivity index (χ4n) is 4.55. The van der Waals surface area contributed by atoms with Crippen LogP contribution in [-0.4, -0.2) is 58.3 Å². The molecule has 12 nitrogen and oxygen atoms in total. The van der Waals surface area contributed by atoms with Crippen LogP contribution in [0.25, 0.3) is 12.2 Å². The molecular weight excluding hydrogens is 570 g/mol. The quantitative estimate of drug-likeness (QED) is 0.0860. The molecule has 0 aliphatic heterocycles. The number of unbranched alkanes of at least 4 members (excludes halogenated alkanes) is 1. The molecule has 4 aromatic rings. The fourth-order valence-corrected chi connectivity index (χ4v) is 4.55. The van der Waals surface area contributed by atoms with E-state index >= 15 is 0 Å². The average Bonchev–Trinajstić information content (AvgIpc) is 3.56. The van der Waals surface area contributed by atoms with E-state index in [1.165, 1.54) is 6.20 Å². The molecule has 0 unspecified atom stereocenters. The summed E-state index contributed by atoms with van der Waals surface area (Å²) in [5.74, 6) is -0.881. The van der Waals surface area contributed by atoms with E-state index in [-0.39, 0.29) is 17.6 Å². The number of hydrogen-bond acceptors (Lipinski definition) is 6. The van der Waals surface area contributed by atoms with Crippen molar-refractivity contribution in [1.29, 1.82) is 5.41 Å². The van der Waals surface area contributed by atoms with E-state index in [2.05, 4.69) is 20.9 Å². The molecule has 3 amide bonds. The molecule has 0 aliphatic rings. The zero-order chi connectivity index (χ0) is 32.5. The van der Waals surface area contributed by atoms with Gasteiger partial charge in [0.1, 0.15) is 11.4 Å². The van der Waals surface area contributed by atoms with Crippen LogP contribution in [-0.2, 0) is 14.1 Å². The van der Waals surface area contributed by atoms with Gasteiger partial charge in [-0.15, -0.1) is 0 Å². The third-order valence-corrected chi connectivity index (χ3v) is 7.05. The van der Waals surface area contributed by atoms with Crippen molar-refractivity contribution in [3.63, 3.8) is 0 Å². The van der Waals surface area contributed by atoms with Crippen molar-refractivity contribution in [3.8, 4) is 0 Å². The monoisotopic (exact) mass is 609 g/mol. The number of amides is 3. The van der Waals surface area contributed by atoms with Gasteiger partial charge in [-0.1, -0.05) is 18.2 Å². The summed E-state index contributed by atoms with van der Waals surface area (Å²) in [7, 11) is 7.42. The topological polar surface area (TPSA) is 163 Å². The molecule has 45 heavy (non-hydrogen) atoms. The lowest BCUT2D eigenvalue weighted by atomic mass is 10.1. The summed E-state index contributed by atoms with van der Waals surface area (Å²) in [4.78, 5) is 44.9. The molecule has 0 atom stereocenters. The predicted octanol–water partition coefficient (Wildman–Crippen LogP) is 4.34. The highest BCUT2D eigenvalue weighted by Gasteiger charge is 2.17. The number of nitrogens with one attached hydrogen (secondary N) is 4. The predicted molar refractivity (Wildman–Crippen MR) is 179 cm³/mol. The minimum Gasteiger partial charge on any atom is -0.388 e. The van der Waals surface area contributed by atoms with Gasteiger partial charge in [0.25, 0.3) is 17.7 Å². The Morgan fingerprint density at radius 1 is 0.867 bits per heavy atom. The summed E-state index contributed by atoms with van der Waals surface area (Å²) < 4.78 is 3.24. The zero-order valence-electron chi connectivity index (χ0n) is 25.9. The SMILES string of the molecule is CN(C)c1ccc(/C=C/c2ccc(C(=O)Nc3cc(C(=O)Nc4cc(C(=O)NCCCCC(=N)N)n(C)c4)n(C)c3)cn2)cc1. The molecule has 0 radical (unpaired) electrons. The number of benzene rings is 1. The van der Waals surface area contributed by atoms with Crippen LogP contribution < -0.4 is 26.6 Å². The Bertz CT molecular complexity index is 1700. The van der Waals surface area contributed by atoms with Gasteiger partial charge in [0.15, 0.2) is 0 Å². The van der Waals surface area contributed by atoms with Crippen molar-refractivity contribution in [2.45, 2.75) is 19.3 Å². The van der Waals surface area contributed by atoms with Gasteiger partial charge in [0.05, 0.1) is 28.5 Å². The van der Waals surface area contributed by atoms with E-state index in [4.69, 9.17) is 11.1 Å². The Morgan fingerprint density at radius 3 is 2.07 bits per heavy atom. The van der Waals surface area contributed by atoms with E-state index in [0.717, 1.165) is 17.7 Å². The number of amidine groups is 1. The highest BCUT2D eigenvalue weighted by atomic mass is 16.2. The number of carbonyl (C=O) groups excluding carboxylic acids is 3. The molecule has 4 rings (SSSR count). The van der Waals surface area contributed by atoms with Gasteiger partial charge < -0.3 is 35.7 Å². The summed E-state index contributed by atoms with van der Waals surface area (Å²) >= 11 is 0. The zero-order valence-corrected chi connectivity index (χ0v) is 25.9. The summed E-state index contributed by atoms with van der Waals surface area (Å²) in [6.45, 7) is 0.459. The van der Waals surface area contributed by atoms with Gasteiger partial charge in [0.2, 0.25) is 0 Å². The van der Waals surface area contributed by atoms with E-state index < -0.39 is 5.91 Å². The van der Waals surface area contributed by atoms with Crippen molar-refractivity contribution >= 4 is 52.8 Å². The maximum absolute atomic E-state index is 13.0. The first kappa shape index (κ1) is 32.3. The third-order valence-electron chi connectivity index (χ3n) is 7.05. The Hall–Kier alpha value is -5.65. The number of aryl methyl sites for hydroxylation is 2. The number of rotatable bonds is 13. The molecule has 0 spiro atoms. The Kier molecular flexibility index (Phi) is 10.5. The van der Waals surface area contributed by atoms with Crippen LogP contribution in [0.3, 0.4) is 0 Å². The molecule has 6 N–H and O–H groups in total. The molecule has 3 aromatic heterocycles. The first-order valence-electron chi connectivity index (χ1n) is 14.5. The Balaban J connectivity index is 1.31. The summed E-state index contributed by atoms with van der Waals surface area (Å²) in [5, 5.41) is 15.7. The van der Waals surface area contributed by atoms with Crippen molar-refractivity contribution in [1.82, 2.24) is 19.4 Å². The molecule has 0 saturated carbocycles. The summed E-state index contributed by atoms with van der Waals surface area (Å²) in [6, 6.07) is 14.8. The molecule has 0 bridgehead atoms. The van der Waals surface area contributed by atoms with Gasteiger partial charge in [-0.25, -0.2) is 0 Å². The Morgan fingerprint density at radius 2 is 1.49 bits per heavy atom. The number of carbonyl (C=O) groups is 3. The van der Waals surface area contributed by atoms with Gasteiger partial charge in [-0.3, -0.25) is 24.8 Å². The van der Waals surface area contributed by atoms with Crippen LogP contribution in [0.1, 0.15) is 61.9 Å². The lowest BCUT2D eigenvalue weighted by Crippen LogP contribution is -2.26. The normalized spacial score (nSPS) is 10.9. The second kappa shape index (κ2) is 14.7. The van der Waals surface area contributed by atoms with E-state index in [9.17, 15) is 14.4 Å². The summed E-state index contributed by atoms with van der Waals surface area (Å²) in [5.41, 5.74) is 10.2. The maximum Gasteiger partial charge on any atom is 0.272 e. The number of pyridine rings is 1. The second-order valence-corrected chi connectivity index (χ2v) is 10.9. The molecule has 3 heterocycles. The minimum absolute atomic E-state index is 0.131. The van der Waals surface area contributed by atoms with Crippen LogP contribution in [0.5, 0.6) is 0 Å². The third kappa shape index (κ3) is 8.92. The van der Waals surface area contributed by atoms with Crippen LogP contribution in [0.15, 0.2) is 67.1 Å². The molecule has 0 aliphatic carbocycles. The van der Waals surface area contributed by atoms with E-state index in [1.807, 2.05) is 55.4 Å². The van der Waals surface area contributed by atoms with Gasteiger partial charge >= 0.3 is 0 Å². The molecule has 0 fully saturated rings.